The average molecular weight is 265 g/mol. The van der Waals surface area contributed by atoms with Crippen LogP contribution in [0.2, 0.25) is 0 Å². The fourth-order valence-corrected chi connectivity index (χ4v) is 1.89. The van der Waals surface area contributed by atoms with Gasteiger partial charge in [-0.25, -0.2) is 4.98 Å². The molecule has 0 saturated heterocycles. The standard InChI is InChI=1S/C15H27N3O/c1-5-14(16)11-13-7-6-8-17-15(13)18(4)9-10-19-12(2)3/h6-8,12,14H,5,9-11,16H2,1-4H3. The molecule has 1 heterocycles. The maximum atomic E-state index is 6.04. The summed E-state index contributed by atoms with van der Waals surface area (Å²) in [6.07, 6.45) is 3.95. The molecule has 1 atom stereocenters. The van der Waals surface area contributed by atoms with Crippen LogP contribution in [0.1, 0.15) is 32.8 Å². The van der Waals surface area contributed by atoms with Gasteiger partial charge in [0, 0.05) is 25.8 Å². The Bertz CT molecular complexity index is 368. The largest absolute Gasteiger partial charge is 0.377 e. The Balaban J connectivity index is 2.65. The van der Waals surface area contributed by atoms with E-state index in [1.54, 1.807) is 0 Å². The van der Waals surface area contributed by atoms with Crippen molar-refractivity contribution in [1.82, 2.24) is 4.98 Å². The lowest BCUT2D eigenvalue weighted by Gasteiger charge is -2.22. The molecule has 0 aliphatic carbocycles. The number of pyridine rings is 1. The molecular formula is C15H27N3O. The smallest absolute Gasteiger partial charge is 0.131 e. The highest BCUT2D eigenvalue weighted by atomic mass is 16.5. The summed E-state index contributed by atoms with van der Waals surface area (Å²) in [6.45, 7) is 7.76. The van der Waals surface area contributed by atoms with Crippen molar-refractivity contribution in [2.24, 2.45) is 5.73 Å². The Kier molecular flexibility index (Phi) is 6.81. The predicted molar refractivity (Wildman–Crippen MR) is 80.6 cm³/mol. The molecule has 1 unspecified atom stereocenters. The molecule has 19 heavy (non-hydrogen) atoms. The average Bonchev–Trinajstić information content (AvgIpc) is 2.38. The SMILES string of the molecule is CCC(N)Cc1cccnc1N(C)CCOC(C)C. The minimum Gasteiger partial charge on any atom is -0.377 e. The fraction of sp³-hybridized carbons (Fsp3) is 0.667. The number of ether oxygens (including phenoxy) is 1. The first-order valence-electron chi connectivity index (χ1n) is 7.06. The molecule has 0 saturated carbocycles. The van der Waals surface area contributed by atoms with Crippen LogP contribution in [0.5, 0.6) is 0 Å². The van der Waals surface area contributed by atoms with Crippen LogP contribution in [-0.2, 0) is 11.2 Å². The number of likely N-dealkylation sites (N-methyl/N-ethyl adjacent to an activating group) is 1. The Hall–Kier alpha value is -1.13. The highest BCUT2D eigenvalue weighted by Crippen LogP contribution is 2.17. The lowest BCUT2D eigenvalue weighted by Crippen LogP contribution is -2.28. The van der Waals surface area contributed by atoms with E-state index in [4.69, 9.17) is 10.5 Å². The van der Waals surface area contributed by atoms with E-state index in [2.05, 4.69) is 22.9 Å². The van der Waals surface area contributed by atoms with Gasteiger partial charge in [0.05, 0.1) is 12.7 Å². The van der Waals surface area contributed by atoms with Crippen molar-refractivity contribution >= 4 is 5.82 Å². The number of hydrogen-bond donors (Lipinski definition) is 1. The first-order chi connectivity index (χ1) is 9.04. The molecular weight excluding hydrogens is 238 g/mol. The summed E-state index contributed by atoms with van der Waals surface area (Å²) in [6, 6.07) is 4.28. The van der Waals surface area contributed by atoms with Gasteiger partial charge in [0.2, 0.25) is 0 Å². The summed E-state index contributed by atoms with van der Waals surface area (Å²) >= 11 is 0. The topological polar surface area (TPSA) is 51.4 Å². The van der Waals surface area contributed by atoms with Gasteiger partial charge >= 0.3 is 0 Å². The number of aromatic nitrogens is 1. The van der Waals surface area contributed by atoms with E-state index in [0.717, 1.165) is 25.2 Å². The summed E-state index contributed by atoms with van der Waals surface area (Å²) in [4.78, 5) is 6.62. The summed E-state index contributed by atoms with van der Waals surface area (Å²) in [5.74, 6) is 1.01. The Labute approximate surface area is 117 Å². The van der Waals surface area contributed by atoms with Gasteiger partial charge in [-0.05, 0) is 38.3 Å². The maximum Gasteiger partial charge on any atom is 0.131 e. The van der Waals surface area contributed by atoms with Crippen LogP contribution >= 0.6 is 0 Å². The van der Waals surface area contributed by atoms with Crippen molar-refractivity contribution in [2.45, 2.75) is 45.8 Å². The molecule has 0 bridgehead atoms. The molecule has 0 fully saturated rings. The van der Waals surface area contributed by atoms with Gasteiger partial charge in [-0.2, -0.15) is 0 Å². The van der Waals surface area contributed by atoms with Crippen molar-refractivity contribution in [2.75, 3.05) is 25.1 Å². The number of anilines is 1. The van der Waals surface area contributed by atoms with E-state index in [9.17, 15) is 0 Å². The summed E-state index contributed by atoms with van der Waals surface area (Å²) in [5.41, 5.74) is 7.25. The zero-order chi connectivity index (χ0) is 14.3. The van der Waals surface area contributed by atoms with Crippen LogP contribution in [-0.4, -0.2) is 37.3 Å². The van der Waals surface area contributed by atoms with Crippen molar-refractivity contribution in [3.8, 4) is 0 Å². The summed E-state index contributed by atoms with van der Waals surface area (Å²) in [5, 5.41) is 0. The van der Waals surface area contributed by atoms with E-state index in [1.807, 2.05) is 33.2 Å². The first kappa shape index (κ1) is 15.9. The normalized spacial score (nSPS) is 12.7. The second-order valence-electron chi connectivity index (χ2n) is 5.20. The predicted octanol–water partition coefficient (Wildman–Crippen LogP) is 2.22. The number of rotatable bonds is 8. The van der Waals surface area contributed by atoms with Crippen molar-refractivity contribution in [1.29, 1.82) is 0 Å². The molecule has 1 rings (SSSR count). The first-order valence-corrected chi connectivity index (χ1v) is 7.06. The molecule has 1 aromatic rings. The van der Waals surface area contributed by atoms with E-state index in [0.29, 0.717) is 6.61 Å². The van der Waals surface area contributed by atoms with Gasteiger partial charge < -0.3 is 15.4 Å². The lowest BCUT2D eigenvalue weighted by molar-refractivity contribution is 0.0845. The second-order valence-corrected chi connectivity index (χ2v) is 5.20. The number of nitrogens with zero attached hydrogens (tertiary/aromatic N) is 2. The minimum absolute atomic E-state index is 0.197. The lowest BCUT2D eigenvalue weighted by atomic mass is 10.1. The van der Waals surface area contributed by atoms with Crippen molar-refractivity contribution in [3.05, 3.63) is 23.9 Å². The third-order valence-corrected chi connectivity index (χ3v) is 3.11. The summed E-state index contributed by atoms with van der Waals surface area (Å²) < 4.78 is 5.58. The second kappa shape index (κ2) is 8.12. The molecule has 0 aliphatic rings. The Morgan fingerprint density at radius 1 is 1.42 bits per heavy atom. The van der Waals surface area contributed by atoms with Gasteiger partial charge in [0.15, 0.2) is 0 Å². The van der Waals surface area contributed by atoms with Gasteiger partial charge in [-0.3, -0.25) is 0 Å². The van der Waals surface area contributed by atoms with Crippen LogP contribution in [0, 0.1) is 0 Å². The van der Waals surface area contributed by atoms with Gasteiger partial charge in [0.25, 0.3) is 0 Å². The molecule has 2 N–H and O–H groups in total. The third kappa shape index (κ3) is 5.57. The van der Waals surface area contributed by atoms with Crippen LogP contribution in [0.25, 0.3) is 0 Å². The molecule has 0 amide bonds. The van der Waals surface area contributed by atoms with Crippen LogP contribution in [0.3, 0.4) is 0 Å². The van der Waals surface area contributed by atoms with E-state index in [-0.39, 0.29) is 12.1 Å². The monoisotopic (exact) mass is 265 g/mol. The van der Waals surface area contributed by atoms with Gasteiger partial charge in [-0.1, -0.05) is 13.0 Å². The molecule has 108 valence electrons. The highest BCUT2D eigenvalue weighted by Gasteiger charge is 2.11. The van der Waals surface area contributed by atoms with E-state index in [1.165, 1.54) is 5.56 Å². The minimum atomic E-state index is 0.197. The molecule has 1 aromatic heterocycles. The Morgan fingerprint density at radius 2 is 2.16 bits per heavy atom. The van der Waals surface area contributed by atoms with Crippen LogP contribution < -0.4 is 10.6 Å². The number of hydrogen-bond acceptors (Lipinski definition) is 4. The van der Waals surface area contributed by atoms with E-state index < -0.39 is 0 Å². The molecule has 0 spiro atoms. The zero-order valence-electron chi connectivity index (χ0n) is 12.6. The molecule has 0 radical (unpaired) electrons. The number of nitrogens with two attached hydrogens (primary N) is 1. The molecule has 4 nitrogen and oxygen atoms in total. The molecule has 4 heteroatoms. The molecule has 0 aliphatic heterocycles. The fourth-order valence-electron chi connectivity index (χ4n) is 1.89. The van der Waals surface area contributed by atoms with Crippen molar-refractivity contribution in [3.63, 3.8) is 0 Å². The van der Waals surface area contributed by atoms with Gasteiger partial charge in [-0.15, -0.1) is 0 Å². The Morgan fingerprint density at radius 3 is 2.79 bits per heavy atom. The highest BCUT2D eigenvalue weighted by molar-refractivity contribution is 5.46. The van der Waals surface area contributed by atoms with Crippen LogP contribution in [0.15, 0.2) is 18.3 Å². The van der Waals surface area contributed by atoms with Crippen molar-refractivity contribution < 1.29 is 4.74 Å². The summed E-state index contributed by atoms with van der Waals surface area (Å²) in [7, 11) is 2.05. The maximum absolute atomic E-state index is 6.04. The van der Waals surface area contributed by atoms with Gasteiger partial charge in [0.1, 0.15) is 5.82 Å². The quantitative estimate of drug-likeness (QED) is 0.783. The zero-order valence-corrected chi connectivity index (χ0v) is 12.6. The third-order valence-electron chi connectivity index (χ3n) is 3.11. The van der Waals surface area contributed by atoms with Crippen LogP contribution in [0.4, 0.5) is 5.82 Å². The molecule has 0 aromatic carbocycles. The van der Waals surface area contributed by atoms with E-state index >= 15 is 0 Å².